The van der Waals surface area contributed by atoms with Gasteiger partial charge in [0.15, 0.2) is 0 Å². The van der Waals surface area contributed by atoms with Crippen LogP contribution in [0.1, 0.15) is 18.4 Å². The average Bonchev–Trinajstić information content (AvgIpc) is 2.79. The van der Waals surface area contributed by atoms with E-state index in [0.29, 0.717) is 0 Å². The minimum Gasteiger partial charge on any atom is -0.322 e. The van der Waals surface area contributed by atoms with Gasteiger partial charge in [0.25, 0.3) is 0 Å². The maximum atomic E-state index is 13.5. The second kappa shape index (κ2) is 4.79. The molecule has 1 saturated heterocycles. The molecule has 0 spiro atoms. The zero-order valence-corrected chi connectivity index (χ0v) is 9.52. The van der Waals surface area contributed by atoms with Gasteiger partial charge in [-0.3, -0.25) is 4.79 Å². The maximum absolute atomic E-state index is 13.5. The molecule has 1 aliphatic rings. The topological polar surface area (TPSA) is 41.1 Å². The Morgan fingerprint density at radius 3 is 2.82 bits per heavy atom. The molecule has 92 valence electrons. The summed E-state index contributed by atoms with van der Waals surface area (Å²) in [6, 6.07) is 1.78. The van der Waals surface area contributed by atoms with Gasteiger partial charge in [-0.1, -0.05) is 0 Å². The highest BCUT2D eigenvalue weighted by Crippen LogP contribution is 2.19. The number of hydrogen-bond acceptors (Lipinski definition) is 2. The average molecular weight is 240 g/mol. The summed E-state index contributed by atoms with van der Waals surface area (Å²) in [5.41, 5.74) is 0.117. The van der Waals surface area contributed by atoms with Crippen molar-refractivity contribution in [2.75, 3.05) is 11.9 Å². The highest BCUT2D eigenvalue weighted by Gasteiger charge is 2.23. The number of aryl methyl sites for hydroxylation is 1. The Kier molecular flexibility index (Phi) is 3.38. The second-order valence-corrected chi connectivity index (χ2v) is 4.22. The number of anilines is 1. The SMILES string of the molecule is Cc1cc(F)c(NC(=O)[C@H]2CCCN2)cc1F. The molecule has 1 amide bonds. The lowest BCUT2D eigenvalue weighted by atomic mass is 10.2. The molecular formula is C12H14F2N2O. The van der Waals surface area contributed by atoms with Crippen LogP contribution in [0.3, 0.4) is 0 Å². The van der Waals surface area contributed by atoms with Gasteiger partial charge >= 0.3 is 0 Å². The van der Waals surface area contributed by atoms with Crippen LogP contribution in [-0.4, -0.2) is 18.5 Å². The molecule has 2 N–H and O–H groups in total. The largest absolute Gasteiger partial charge is 0.322 e. The lowest BCUT2D eigenvalue weighted by molar-refractivity contribution is -0.117. The molecule has 0 aliphatic carbocycles. The van der Waals surface area contributed by atoms with E-state index >= 15 is 0 Å². The molecule has 1 aliphatic heterocycles. The van der Waals surface area contributed by atoms with Gasteiger partial charge in [-0.25, -0.2) is 8.78 Å². The molecule has 1 fully saturated rings. The molecule has 1 heterocycles. The molecule has 0 aromatic heterocycles. The number of rotatable bonds is 2. The van der Waals surface area contributed by atoms with Crippen molar-refractivity contribution in [1.29, 1.82) is 0 Å². The van der Waals surface area contributed by atoms with Gasteiger partial charge in [-0.05, 0) is 37.9 Å². The van der Waals surface area contributed by atoms with E-state index in [1.165, 1.54) is 6.92 Å². The number of nitrogens with one attached hydrogen (secondary N) is 2. The van der Waals surface area contributed by atoms with Gasteiger partial charge in [0.1, 0.15) is 11.6 Å². The standard InChI is InChI=1S/C12H14F2N2O/c1-7-5-9(14)11(6-8(7)13)16-12(17)10-3-2-4-15-10/h5-6,10,15H,2-4H2,1H3,(H,16,17)/t10-/m1/s1. The van der Waals surface area contributed by atoms with Gasteiger partial charge in [0, 0.05) is 6.07 Å². The van der Waals surface area contributed by atoms with Gasteiger partial charge < -0.3 is 10.6 Å². The fourth-order valence-corrected chi connectivity index (χ4v) is 1.87. The van der Waals surface area contributed by atoms with Crippen LogP contribution >= 0.6 is 0 Å². The van der Waals surface area contributed by atoms with Crippen LogP contribution in [0.25, 0.3) is 0 Å². The Bertz CT molecular complexity index is 442. The van der Waals surface area contributed by atoms with Gasteiger partial charge in [0.05, 0.1) is 11.7 Å². The summed E-state index contributed by atoms with van der Waals surface area (Å²) >= 11 is 0. The predicted molar refractivity (Wildman–Crippen MR) is 60.7 cm³/mol. The molecule has 2 rings (SSSR count). The predicted octanol–water partition coefficient (Wildman–Crippen LogP) is 1.96. The molecule has 5 heteroatoms. The summed E-state index contributed by atoms with van der Waals surface area (Å²) < 4.78 is 26.7. The van der Waals surface area contributed by atoms with E-state index in [1.54, 1.807) is 0 Å². The Balaban J connectivity index is 2.12. The molecule has 1 aromatic carbocycles. The Hall–Kier alpha value is -1.49. The summed E-state index contributed by atoms with van der Waals surface area (Å²) in [4.78, 5) is 11.7. The van der Waals surface area contributed by atoms with Crippen LogP contribution in [0, 0.1) is 18.6 Å². The third-order valence-electron chi connectivity index (χ3n) is 2.88. The Labute approximate surface area is 98.2 Å². The monoisotopic (exact) mass is 240 g/mol. The number of benzene rings is 1. The summed E-state index contributed by atoms with van der Waals surface area (Å²) in [7, 11) is 0. The molecule has 0 radical (unpaired) electrons. The third kappa shape index (κ3) is 2.61. The van der Waals surface area contributed by atoms with Crippen LogP contribution in [-0.2, 0) is 4.79 Å². The van der Waals surface area contributed by atoms with Crippen molar-refractivity contribution in [2.24, 2.45) is 0 Å². The van der Waals surface area contributed by atoms with E-state index in [9.17, 15) is 13.6 Å². The second-order valence-electron chi connectivity index (χ2n) is 4.22. The fraction of sp³-hybridized carbons (Fsp3) is 0.417. The van der Waals surface area contributed by atoms with Gasteiger partial charge in [-0.15, -0.1) is 0 Å². The first-order chi connectivity index (χ1) is 8.08. The first-order valence-electron chi connectivity index (χ1n) is 5.58. The molecule has 0 saturated carbocycles. The number of halogens is 2. The highest BCUT2D eigenvalue weighted by atomic mass is 19.1. The molecule has 3 nitrogen and oxygen atoms in total. The zero-order valence-electron chi connectivity index (χ0n) is 9.52. The first-order valence-corrected chi connectivity index (χ1v) is 5.58. The van der Waals surface area contributed by atoms with E-state index in [1.807, 2.05) is 0 Å². The summed E-state index contributed by atoms with van der Waals surface area (Å²) in [5.74, 6) is -1.46. The van der Waals surface area contributed by atoms with Crippen LogP contribution < -0.4 is 10.6 Å². The first kappa shape index (κ1) is 12.0. The highest BCUT2D eigenvalue weighted by molar-refractivity contribution is 5.95. The van der Waals surface area contributed by atoms with Crippen molar-refractivity contribution < 1.29 is 13.6 Å². The number of carbonyl (C=O) groups excluding carboxylic acids is 1. The molecule has 1 aromatic rings. The molecule has 0 unspecified atom stereocenters. The minimum absolute atomic E-state index is 0.105. The van der Waals surface area contributed by atoms with Crippen molar-refractivity contribution in [3.63, 3.8) is 0 Å². The van der Waals surface area contributed by atoms with E-state index in [0.717, 1.165) is 31.5 Å². The van der Waals surface area contributed by atoms with Crippen LogP contribution in [0.4, 0.5) is 14.5 Å². The Morgan fingerprint density at radius 1 is 1.41 bits per heavy atom. The van der Waals surface area contributed by atoms with E-state index in [-0.39, 0.29) is 23.2 Å². The van der Waals surface area contributed by atoms with Crippen LogP contribution in [0.15, 0.2) is 12.1 Å². The van der Waals surface area contributed by atoms with Crippen molar-refractivity contribution in [2.45, 2.75) is 25.8 Å². The normalized spacial score (nSPS) is 19.4. The van der Waals surface area contributed by atoms with Crippen molar-refractivity contribution in [3.8, 4) is 0 Å². The zero-order chi connectivity index (χ0) is 12.4. The van der Waals surface area contributed by atoms with Crippen molar-refractivity contribution in [1.82, 2.24) is 5.32 Å². The van der Waals surface area contributed by atoms with Crippen LogP contribution in [0.2, 0.25) is 0 Å². The number of carbonyl (C=O) groups is 1. The van der Waals surface area contributed by atoms with Crippen molar-refractivity contribution >= 4 is 11.6 Å². The molecular weight excluding hydrogens is 226 g/mol. The lowest BCUT2D eigenvalue weighted by Gasteiger charge is -2.12. The van der Waals surface area contributed by atoms with Crippen molar-refractivity contribution in [3.05, 3.63) is 29.3 Å². The van der Waals surface area contributed by atoms with Gasteiger partial charge in [-0.2, -0.15) is 0 Å². The smallest absolute Gasteiger partial charge is 0.241 e. The number of hydrogen-bond donors (Lipinski definition) is 2. The van der Waals surface area contributed by atoms with Crippen LogP contribution in [0.5, 0.6) is 0 Å². The fourth-order valence-electron chi connectivity index (χ4n) is 1.87. The maximum Gasteiger partial charge on any atom is 0.241 e. The van der Waals surface area contributed by atoms with E-state index in [2.05, 4.69) is 10.6 Å². The lowest BCUT2D eigenvalue weighted by Crippen LogP contribution is -2.35. The molecule has 1 atom stereocenters. The Morgan fingerprint density at radius 2 is 2.18 bits per heavy atom. The summed E-state index contributed by atoms with van der Waals surface area (Å²) in [6.45, 7) is 2.26. The van der Waals surface area contributed by atoms with E-state index < -0.39 is 11.6 Å². The molecule has 0 bridgehead atoms. The summed E-state index contributed by atoms with van der Waals surface area (Å²) in [6.07, 6.45) is 1.64. The molecule has 17 heavy (non-hydrogen) atoms. The minimum atomic E-state index is -0.616. The third-order valence-corrected chi connectivity index (χ3v) is 2.88. The summed E-state index contributed by atoms with van der Waals surface area (Å²) in [5, 5.41) is 5.40. The van der Waals surface area contributed by atoms with E-state index in [4.69, 9.17) is 0 Å². The van der Waals surface area contributed by atoms with Gasteiger partial charge in [0.2, 0.25) is 5.91 Å². The number of amides is 1. The quantitative estimate of drug-likeness (QED) is 0.829.